The molecule has 3 heterocycles. The van der Waals surface area contributed by atoms with E-state index < -0.39 is 0 Å². The maximum absolute atomic E-state index is 13.0. The summed E-state index contributed by atoms with van der Waals surface area (Å²) < 4.78 is 13.0. The molecule has 2 aromatic heterocycles. The number of carbonyl (C=O) groups is 2. The summed E-state index contributed by atoms with van der Waals surface area (Å²) in [6, 6.07) is 9.29. The molecule has 0 spiro atoms. The first kappa shape index (κ1) is 19.2. The largest absolute Gasteiger partial charge is 0.339 e. The summed E-state index contributed by atoms with van der Waals surface area (Å²) >= 11 is 1.37. The summed E-state index contributed by atoms with van der Waals surface area (Å²) in [5.41, 5.74) is 2.13. The van der Waals surface area contributed by atoms with Crippen molar-refractivity contribution in [1.29, 1.82) is 0 Å². The lowest BCUT2D eigenvalue weighted by Crippen LogP contribution is -2.41. The average Bonchev–Trinajstić information content (AvgIpc) is 3.23. The van der Waals surface area contributed by atoms with Gasteiger partial charge in [-0.2, -0.15) is 0 Å². The van der Waals surface area contributed by atoms with Crippen molar-refractivity contribution in [2.24, 2.45) is 5.92 Å². The Kier molecular flexibility index (Phi) is 5.62. The van der Waals surface area contributed by atoms with Gasteiger partial charge in [0, 0.05) is 47.9 Å². The normalized spacial score (nSPS) is 14.6. The Morgan fingerprint density at radius 3 is 2.59 bits per heavy atom. The molecule has 0 unspecified atom stereocenters. The molecular weight excluding hydrogens is 391 g/mol. The van der Waals surface area contributed by atoms with Gasteiger partial charge >= 0.3 is 0 Å². The molecule has 0 aliphatic carbocycles. The molecule has 3 aromatic rings. The zero-order chi connectivity index (χ0) is 20.2. The lowest BCUT2D eigenvalue weighted by atomic mass is 9.95. The SMILES string of the molecule is O=C(Nc1nc(-c2cccnc2)cs1)C1CCN(C(=O)c2ccc(F)cc2)CC1. The zero-order valence-electron chi connectivity index (χ0n) is 15.5. The highest BCUT2D eigenvalue weighted by atomic mass is 32.1. The maximum Gasteiger partial charge on any atom is 0.253 e. The first-order chi connectivity index (χ1) is 14.1. The van der Waals surface area contributed by atoms with E-state index in [0.717, 1.165) is 11.3 Å². The van der Waals surface area contributed by atoms with Crippen LogP contribution in [-0.2, 0) is 4.79 Å². The van der Waals surface area contributed by atoms with E-state index in [1.807, 2.05) is 17.5 Å². The number of hydrogen-bond acceptors (Lipinski definition) is 5. The van der Waals surface area contributed by atoms with Gasteiger partial charge in [-0.15, -0.1) is 11.3 Å². The molecule has 6 nitrogen and oxygen atoms in total. The van der Waals surface area contributed by atoms with Gasteiger partial charge in [0.15, 0.2) is 5.13 Å². The van der Waals surface area contributed by atoms with Crippen LogP contribution < -0.4 is 5.32 Å². The number of anilines is 1. The standard InChI is InChI=1S/C21H19FN4O2S/c22-17-5-3-15(4-6-17)20(28)26-10-7-14(8-11-26)19(27)25-21-24-18(13-29-21)16-2-1-9-23-12-16/h1-6,9,12-14H,7-8,10-11H2,(H,24,25,27). The molecule has 4 rings (SSSR count). The quantitative estimate of drug-likeness (QED) is 0.709. The third-order valence-electron chi connectivity index (χ3n) is 4.94. The van der Waals surface area contributed by atoms with Gasteiger partial charge < -0.3 is 10.2 Å². The van der Waals surface area contributed by atoms with Crippen molar-refractivity contribution in [3.63, 3.8) is 0 Å². The fraction of sp³-hybridized carbons (Fsp3) is 0.238. The molecule has 148 valence electrons. The van der Waals surface area contributed by atoms with Crippen molar-refractivity contribution < 1.29 is 14.0 Å². The summed E-state index contributed by atoms with van der Waals surface area (Å²) in [4.78, 5) is 35.3. The molecule has 2 amide bonds. The van der Waals surface area contributed by atoms with E-state index in [1.54, 1.807) is 17.3 Å². The number of nitrogens with zero attached hydrogens (tertiary/aromatic N) is 3. The van der Waals surface area contributed by atoms with Crippen molar-refractivity contribution in [1.82, 2.24) is 14.9 Å². The number of likely N-dealkylation sites (tertiary alicyclic amines) is 1. The third kappa shape index (κ3) is 4.48. The van der Waals surface area contributed by atoms with Crippen LogP contribution in [0.1, 0.15) is 23.2 Å². The zero-order valence-corrected chi connectivity index (χ0v) is 16.4. The Balaban J connectivity index is 1.32. The van der Waals surface area contributed by atoms with Gasteiger partial charge in [-0.1, -0.05) is 0 Å². The molecule has 0 atom stereocenters. The molecular formula is C21H19FN4O2S. The van der Waals surface area contributed by atoms with Crippen molar-refractivity contribution in [2.75, 3.05) is 18.4 Å². The van der Waals surface area contributed by atoms with Gasteiger partial charge in [0.1, 0.15) is 5.82 Å². The number of pyridine rings is 1. The fourth-order valence-electron chi connectivity index (χ4n) is 3.31. The second-order valence-corrected chi connectivity index (χ2v) is 7.70. The molecule has 0 saturated carbocycles. The Morgan fingerprint density at radius 2 is 1.90 bits per heavy atom. The molecule has 1 saturated heterocycles. The topological polar surface area (TPSA) is 75.2 Å². The molecule has 1 aliphatic heterocycles. The second kappa shape index (κ2) is 8.48. The Bertz CT molecular complexity index is 999. The molecule has 1 N–H and O–H groups in total. The van der Waals surface area contributed by atoms with Crippen LogP contribution in [0.2, 0.25) is 0 Å². The minimum Gasteiger partial charge on any atom is -0.339 e. The second-order valence-electron chi connectivity index (χ2n) is 6.84. The van der Waals surface area contributed by atoms with Crippen LogP contribution in [0, 0.1) is 11.7 Å². The van der Waals surface area contributed by atoms with Crippen molar-refractivity contribution in [3.8, 4) is 11.3 Å². The lowest BCUT2D eigenvalue weighted by molar-refractivity contribution is -0.121. The summed E-state index contributed by atoms with van der Waals surface area (Å²) in [5, 5.41) is 5.33. The number of hydrogen-bond donors (Lipinski definition) is 1. The number of benzene rings is 1. The van der Waals surface area contributed by atoms with Crippen LogP contribution in [0.4, 0.5) is 9.52 Å². The van der Waals surface area contributed by atoms with Gasteiger partial charge in [0.05, 0.1) is 5.69 Å². The van der Waals surface area contributed by atoms with E-state index in [-0.39, 0.29) is 23.5 Å². The van der Waals surface area contributed by atoms with Crippen LogP contribution in [0.15, 0.2) is 54.2 Å². The number of piperidine rings is 1. The number of rotatable bonds is 4. The highest BCUT2D eigenvalue weighted by Crippen LogP contribution is 2.26. The van der Waals surface area contributed by atoms with Crippen molar-refractivity contribution in [3.05, 3.63) is 65.6 Å². The monoisotopic (exact) mass is 410 g/mol. The summed E-state index contributed by atoms with van der Waals surface area (Å²) in [7, 11) is 0. The first-order valence-electron chi connectivity index (χ1n) is 9.32. The van der Waals surface area contributed by atoms with Gasteiger partial charge in [0.2, 0.25) is 5.91 Å². The van der Waals surface area contributed by atoms with Gasteiger partial charge in [0.25, 0.3) is 5.91 Å². The predicted octanol–water partition coefficient (Wildman–Crippen LogP) is 3.84. The average molecular weight is 410 g/mol. The van der Waals surface area contributed by atoms with E-state index in [9.17, 15) is 14.0 Å². The number of halogens is 1. The van der Waals surface area contributed by atoms with Crippen LogP contribution in [0.25, 0.3) is 11.3 Å². The molecule has 1 fully saturated rings. The summed E-state index contributed by atoms with van der Waals surface area (Å²) in [6.07, 6.45) is 4.60. The Morgan fingerprint density at radius 1 is 1.14 bits per heavy atom. The molecule has 1 aliphatic rings. The summed E-state index contributed by atoms with van der Waals surface area (Å²) in [6.45, 7) is 0.986. The number of carbonyl (C=O) groups excluding carboxylic acids is 2. The molecule has 0 radical (unpaired) electrons. The number of aromatic nitrogens is 2. The van der Waals surface area contributed by atoms with Crippen LogP contribution in [0.3, 0.4) is 0 Å². The number of thiazole rings is 1. The molecule has 29 heavy (non-hydrogen) atoms. The molecule has 0 bridgehead atoms. The third-order valence-corrected chi connectivity index (χ3v) is 5.69. The lowest BCUT2D eigenvalue weighted by Gasteiger charge is -2.31. The van der Waals surface area contributed by atoms with E-state index >= 15 is 0 Å². The Labute approximate surface area is 171 Å². The van der Waals surface area contributed by atoms with Crippen molar-refractivity contribution >= 4 is 28.3 Å². The van der Waals surface area contributed by atoms with E-state index in [4.69, 9.17) is 0 Å². The van der Waals surface area contributed by atoms with Crippen LogP contribution >= 0.6 is 11.3 Å². The Hall–Kier alpha value is -3.13. The van der Waals surface area contributed by atoms with E-state index in [2.05, 4.69) is 15.3 Å². The molecule has 8 heteroatoms. The van der Waals surface area contributed by atoms with E-state index in [1.165, 1.54) is 35.6 Å². The van der Waals surface area contributed by atoms with Crippen molar-refractivity contribution in [2.45, 2.75) is 12.8 Å². The van der Waals surface area contributed by atoms with E-state index in [0.29, 0.717) is 36.6 Å². The summed E-state index contributed by atoms with van der Waals surface area (Å²) in [5.74, 6) is -0.750. The van der Waals surface area contributed by atoms with Crippen LogP contribution in [-0.4, -0.2) is 39.8 Å². The minimum absolute atomic E-state index is 0.0778. The highest BCUT2D eigenvalue weighted by molar-refractivity contribution is 7.14. The predicted molar refractivity (Wildman–Crippen MR) is 109 cm³/mol. The smallest absolute Gasteiger partial charge is 0.253 e. The molecule has 1 aromatic carbocycles. The van der Waals surface area contributed by atoms with Crippen LogP contribution in [0.5, 0.6) is 0 Å². The minimum atomic E-state index is -0.370. The number of amides is 2. The fourth-order valence-corrected chi connectivity index (χ4v) is 4.03. The number of nitrogens with one attached hydrogen (secondary N) is 1. The first-order valence-corrected chi connectivity index (χ1v) is 10.2. The van der Waals surface area contributed by atoms with Gasteiger partial charge in [-0.25, -0.2) is 9.37 Å². The van der Waals surface area contributed by atoms with Gasteiger partial charge in [-0.05, 0) is 49.2 Å². The van der Waals surface area contributed by atoms with Gasteiger partial charge in [-0.3, -0.25) is 14.6 Å². The maximum atomic E-state index is 13.0. The highest BCUT2D eigenvalue weighted by Gasteiger charge is 2.28.